The van der Waals surface area contributed by atoms with Crippen LogP contribution in [-0.4, -0.2) is 43.0 Å². The average Bonchev–Trinajstić information content (AvgIpc) is 3.46. The number of fused-ring (bicyclic) bond motifs is 1. The number of piperidine rings is 1. The Labute approximate surface area is 229 Å². The van der Waals surface area contributed by atoms with E-state index in [0.29, 0.717) is 5.69 Å². The van der Waals surface area contributed by atoms with Crippen LogP contribution in [0.3, 0.4) is 0 Å². The Kier molecular flexibility index (Phi) is 6.87. The molecule has 0 spiro atoms. The molecule has 0 radical (unpaired) electrons. The molecule has 0 N–H and O–H groups in total. The normalized spacial score (nSPS) is 23.9. The van der Waals surface area contributed by atoms with Crippen LogP contribution in [0.1, 0.15) is 42.5 Å². The number of nitrogens with zero attached hydrogens (tertiary/aromatic N) is 3. The number of aryl methyl sites for hydroxylation is 1. The van der Waals surface area contributed by atoms with E-state index in [0.717, 1.165) is 53.7 Å². The maximum atomic E-state index is 14.0. The summed E-state index contributed by atoms with van der Waals surface area (Å²) in [5.41, 5.74) is 4.46. The van der Waals surface area contributed by atoms with Crippen molar-refractivity contribution in [2.45, 2.75) is 45.4 Å². The highest BCUT2D eigenvalue weighted by Gasteiger charge is 2.60. The second-order valence-corrected chi connectivity index (χ2v) is 11.0. The first-order chi connectivity index (χ1) is 18.9. The van der Waals surface area contributed by atoms with Crippen LogP contribution in [0.15, 0.2) is 72.8 Å². The first kappa shape index (κ1) is 25.6. The number of carbonyl (C=O) groups excluding carboxylic acids is 2. The highest BCUT2D eigenvalue weighted by Crippen LogP contribution is 2.48. The molecule has 7 nitrogen and oxygen atoms in total. The smallest absolute Gasteiger partial charge is 0.266 e. The summed E-state index contributed by atoms with van der Waals surface area (Å²) in [4.78, 5) is 37.7. The lowest BCUT2D eigenvalue weighted by molar-refractivity contribution is -0.126. The third-order valence-corrected chi connectivity index (χ3v) is 8.33. The molecular weight excluding hydrogens is 490 g/mol. The minimum absolute atomic E-state index is 0.236. The number of rotatable bonds is 6. The van der Waals surface area contributed by atoms with Gasteiger partial charge in [-0.15, -0.1) is 0 Å². The second-order valence-electron chi connectivity index (χ2n) is 11.0. The SMILES string of the molecule is COc1ccc([C@@H]2[C@H]3C(=O)N(c4ccc(C)cc4)C(=O)[C@H]3ON2c2ccccc2)cc1CN1CCC(C)CC1. The molecule has 0 unspecified atom stereocenters. The van der Waals surface area contributed by atoms with Crippen LogP contribution in [0.4, 0.5) is 11.4 Å². The van der Waals surface area contributed by atoms with Gasteiger partial charge in [0.05, 0.1) is 24.5 Å². The fraction of sp³-hybridized carbons (Fsp3) is 0.375. The van der Waals surface area contributed by atoms with E-state index < -0.39 is 18.1 Å². The van der Waals surface area contributed by atoms with Crippen molar-refractivity contribution in [2.75, 3.05) is 30.2 Å². The highest BCUT2D eigenvalue weighted by atomic mass is 16.7. The molecule has 3 saturated heterocycles. The van der Waals surface area contributed by atoms with Crippen LogP contribution < -0.4 is 14.7 Å². The van der Waals surface area contributed by atoms with Crippen molar-refractivity contribution in [3.8, 4) is 5.75 Å². The largest absolute Gasteiger partial charge is 0.496 e. The molecule has 202 valence electrons. The quantitative estimate of drug-likeness (QED) is 0.408. The maximum absolute atomic E-state index is 14.0. The second kappa shape index (κ2) is 10.5. The topological polar surface area (TPSA) is 62.3 Å². The number of hydrogen-bond donors (Lipinski definition) is 0. The predicted octanol–water partition coefficient (Wildman–Crippen LogP) is 5.29. The molecule has 3 aliphatic rings. The van der Waals surface area contributed by atoms with E-state index in [4.69, 9.17) is 9.57 Å². The summed E-state index contributed by atoms with van der Waals surface area (Å²) in [5.74, 6) is 0.349. The van der Waals surface area contributed by atoms with E-state index in [2.05, 4.69) is 17.9 Å². The van der Waals surface area contributed by atoms with Crippen molar-refractivity contribution in [2.24, 2.45) is 11.8 Å². The van der Waals surface area contributed by atoms with Gasteiger partial charge < -0.3 is 4.74 Å². The number of methoxy groups -OCH3 is 1. The molecule has 0 saturated carbocycles. The van der Waals surface area contributed by atoms with Crippen molar-refractivity contribution in [1.29, 1.82) is 0 Å². The Morgan fingerprint density at radius 2 is 1.62 bits per heavy atom. The number of imide groups is 1. The van der Waals surface area contributed by atoms with Crippen molar-refractivity contribution < 1.29 is 19.2 Å². The summed E-state index contributed by atoms with van der Waals surface area (Å²) < 4.78 is 5.75. The summed E-state index contributed by atoms with van der Waals surface area (Å²) in [5, 5.41) is 1.76. The third-order valence-electron chi connectivity index (χ3n) is 8.33. The molecular formula is C32H35N3O4. The molecule has 39 heavy (non-hydrogen) atoms. The number of hydrogen-bond acceptors (Lipinski definition) is 6. The van der Waals surface area contributed by atoms with Crippen LogP contribution in [-0.2, 0) is 21.0 Å². The van der Waals surface area contributed by atoms with Crippen molar-refractivity contribution in [1.82, 2.24) is 4.90 Å². The monoisotopic (exact) mass is 525 g/mol. The first-order valence-corrected chi connectivity index (χ1v) is 13.8. The molecule has 3 aromatic carbocycles. The van der Waals surface area contributed by atoms with Crippen molar-refractivity contribution in [3.05, 3.63) is 89.5 Å². The van der Waals surface area contributed by atoms with Crippen LogP contribution >= 0.6 is 0 Å². The fourth-order valence-corrected chi connectivity index (χ4v) is 6.07. The molecule has 3 aliphatic heterocycles. The first-order valence-electron chi connectivity index (χ1n) is 13.8. The molecule has 3 heterocycles. The number of para-hydroxylation sites is 1. The molecule has 7 heteroatoms. The standard InChI is InChI=1S/C32H35N3O4/c1-21-9-12-25(13-10-21)34-31(36)28-29(35(39-30(28)32(34)37)26-7-5-4-6-8-26)23-11-14-27(38-3)24(19-23)20-33-17-15-22(2)16-18-33/h4-14,19,22,28-30H,15-18,20H2,1-3H3/t28-,29-,30+/m1/s1. The summed E-state index contributed by atoms with van der Waals surface area (Å²) in [6.07, 6.45) is 1.49. The van der Waals surface area contributed by atoms with Gasteiger partial charge in [-0.3, -0.25) is 19.3 Å². The van der Waals surface area contributed by atoms with Gasteiger partial charge in [-0.05, 0) is 80.7 Å². The zero-order chi connectivity index (χ0) is 27.1. The molecule has 6 rings (SSSR count). The number of carbonyl (C=O) groups is 2. The third kappa shape index (κ3) is 4.70. The average molecular weight is 526 g/mol. The number of benzene rings is 3. The van der Waals surface area contributed by atoms with Gasteiger partial charge in [-0.2, -0.15) is 0 Å². The lowest BCUT2D eigenvalue weighted by Crippen LogP contribution is -2.37. The Bertz CT molecular complexity index is 1350. The van der Waals surface area contributed by atoms with Crippen LogP contribution in [0.25, 0.3) is 0 Å². The molecule has 3 aromatic rings. The lowest BCUT2D eigenvalue weighted by atomic mass is 9.89. The van der Waals surface area contributed by atoms with Gasteiger partial charge in [-0.1, -0.05) is 48.9 Å². The predicted molar refractivity (Wildman–Crippen MR) is 150 cm³/mol. The van der Waals surface area contributed by atoms with Crippen molar-refractivity contribution in [3.63, 3.8) is 0 Å². The van der Waals surface area contributed by atoms with Gasteiger partial charge >= 0.3 is 0 Å². The molecule has 2 amide bonds. The van der Waals surface area contributed by atoms with Crippen LogP contribution in [0.5, 0.6) is 5.75 Å². The number of anilines is 2. The molecule has 0 bridgehead atoms. The van der Waals surface area contributed by atoms with E-state index in [9.17, 15) is 9.59 Å². The maximum Gasteiger partial charge on any atom is 0.266 e. The molecule has 0 aliphatic carbocycles. The summed E-state index contributed by atoms with van der Waals surface area (Å²) in [7, 11) is 1.69. The number of amides is 2. The Morgan fingerprint density at radius 3 is 2.31 bits per heavy atom. The lowest BCUT2D eigenvalue weighted by Gasteiger charge is -2.31. The minimum Gasteiger partial charge on any atom is -0.496 e. The minimum atomic E-state index is -0.891. The van der Waals surface area contributed by atoms with E-state index >= 15 is 0 Å². The van der Waals surface area contributed by atoms with Gasteiger partial charge in [0.1, 0.15) is 11.7 Å². The number of hydroxylamine groups is 1. The highest BCUT2D eigenvalue weighted by molar-refractivity contribution is 6.23. The van der Waals surface area contributed by atoms with E-state index in [1.807, 2.05) is 73.7 Å². The van der Waals surface area contributed by atoms with Crippen LogP contribution in [0, 0.1) is 18.8 Å². The zero-order valence-electron chi connectivity index (χ0n) is 22.7. The Balaban J connectivity index is 1.38. The number of ether oxygens (including phenoxy) is 1. The molecule has 3 atom stereocenters. The van der Waals surface area contributed by atoms with Gasteiger partial charge in [-0.25, -0.2) is 9.96 Å². The molecule has 3 fully saturated rings. The Hall–Kier alpha value is -3.68. The summed E-state index contributed by atoms with van der Waals surface area (Å²) in [6, 6.07) is 22.8. The fourth-order valence-electron chi connectivity index (χ4n) is 6.07. The van der Waals surface area contributed by atoms with Gasteiger partial charge in [0.15, 0.2) is 6.10 Å². The summed E-state index contributed by atoms with van der Waals surface area (Å²) in [6.45, 7) is 7.18. The Morgan fingerprint density at radius 1 is 0.897 bits per heavy atom. The summed E-state index contributed by atoms with van der Waals surface area (Å²) >= 11 is 0. The van der Waals surface area contributed by atoms with E-state index in [1.54, 1.807) is 12.2 Å². The van der Waals surface area contributed by atoms with Gasteiger partial charge in [0.2, 0.25) is 5.91 Å². The molecule has 0 aromatic heterocycles. The van der Waals surface area contributed by atoms with Crippen LogP contribution in [0.2, 0.25) is 0 Å². The number of likely N-dealkylation sites (tertiary alicyclic amines) is 1. The van der Waals surface area contributed by atoms with E-state index in [-0.39, 0.29) is 11.8 Å². The van der Waals surface area contributed by atoms with Gasteiger partial charge in [0.25, 0.3) is 5.91 Å². The van der Waals surface area contributed by atoms with Crippen molar-refractivity contribution >= 4 is 23.2 Å². The van der Waals surface area contributed by atoms with Gasteiger partial charge in [0, 0.05) is 12.1 Å². The van der Waals surface area contributed by atoms with E-state index in [1.165, 1.54) is 17.7 Å². The zero-order valence-corrected chi connectivity index (χ0v) is 22.7.